The van der Waals surface area contributed by atoms with Crippen molar-refractivity contribution >= 4 is 29.1 Å². The van der Waals surface area contributed by atoms with Gasteiger partial charge in [-0.05, 0) is 43.2 Å². The van der Waals surface area contributed by atoms with Crippen LogP contribution in [0.3, 0.4) is 0 Å². The van der Waals surface area contributed by atoms with E-state index in [9.17, 15) is 9.59 Å². The monoisotopic (exact) mass is 343 g/mol. The molecular weight excluding hydrogens is 326 g/mol. The molecule has 1 aromatic heterocycles. The first-order chi connectivity index (χ1) is 11.6. The summed E-state index contributed by atoms with van der Waals surface area (Å²) in [5.41, 5.74) is 1.52. The second-order valence-electron chi connectivity index (χ2n) is 6.38. The molecule has 0 radical (unpaired) electrons. The molecule has 1 saturated carbocycles. The number of carbonyl (C=O) groups is 2. The van der Waals surface area contributed by atoms with E-state index in [1.807, 2.05) is 10.8 Å². The van der Waals surface area contributed by atoms with E-state index in [0.29, 0.717) is 22.0 Å². The molecule has 0 saturated heterocycles. The number of nitrogens with zero attached hydrogens (tertiary/aromatic N) is 1. The maximum Gasteiger partial charge on any atom is 0.269 e. The molecule has 124 valence electrons. The van der Waals surface area contributed by atoms with Crippen LogP contribution < -0.4 is 10.6 Å². The lowest BCUT2D eigenvalue weighted by molar-refractivity contribution is 0.0843. The number of carbonyl (C=O) groups excluding carboxylic acids is 2. The van der Waals surface area contributed by atoms with Crippen LogP contribution in [0, 0.1) is 0 Å². The summed E-state index contributed by atoms with van der Waals surface area (Å²) in [6.07, 6.45) is 6.20. The van der Waals surface area contributed by atoms with Crippen molar-refractivity contribution in [2.24, 2.45) is 0 Å². The summed E-state index contributed by atoms with van der Waals surface area (Å²) in [5.74, 6) is -0.445. The Hall–Kier alpha value is -2.27. The molecule has 1 aliphatic heterocycles. The van der Waals surface area contributed by atoms with Crippen LogP contribution in [0.25, 0.3) is 0 Å². The Morgan fingerprint density at radius 3 is 2.71 bits per heavy atom. The molecule has 2 N–H and O–H groups in total. The highest BCUT2D eigenvalue weighted by Crippen LogP contribution is 2.34. The minimum Gasteiger partial charge on any atom is -0.346 e. The van der Waals surface area contributed by atoms with Crippen molar-refractivity contribution in [2.75, 3.05) is 5.32 Å². The summed E-state index contributed by atoms with van der Waals surface area (Å²) in [6.45, 7) is 0. The zero-order valence-corrected chi connectivity index (χ0v) is 13.8. The quantitative estimate of drug-likeness (QED) is 0.874. The number of hydrogen-bond acceptors (Lipinski definition) is 2. The number of amides is 2. The standard InChI is InChI=1S/C18H18ClN3O2/c19-11-5-7-12(8-6-11)20-17(23)13-9-10-22-15-4-2-1-3-14(15)21-18(24)16(13)22/h5-10,14-15H,1-4H2,(H,20,23)(H,21,24)/t14-,15-/m1/s1. The molecular formula is C18H18ClN3O2. The average molecular weight is 344 g/mol. The summed E-state index contributed by atoms with van der Waals surface area (Å²) >= 11 is 5.86. The Balaban J connectivity index is 1.63. The number of halogens is 1. The lowest BCUT2D eigenvalue weighted by atomic mass is 9.88. The van der Waals surface area contributed by atoms with Crippen molar-refractivity contribution in [1.29, 1.82) is 0 Å². The molecule has 2 atom stereocenters. The normalized spacial score (nSPS) is 22.3. The minimum atomic E-state index is -0.282. The number of rotatable bonds is 2. The van der Waals surface area contributed by atoms with Crippen molar-refractivity contribution in [3.8, 4) is 0 Å². The summed E-state index contributed by atoms with van der Waals surface area (Å²) in [7, 11) is 0. The highest BCUT2D eigenvalue weighted by molar-refractivity contribution is 6.30. The van der Waals surface area contributed by atoms with Gasteiger partial charge < -0.3 is 15.2 Å². The van der Waals surface area contributed by atoms with Gasteiger partial charge in [0.2, 0.25) is 0 Å². The van der Waals surface area contributed by atoms with Gasteiger partial charge in [-0.3, -0.25) is 9.59 Å². The van der Waals surface area contributed by atoms with Crippen molar-refractivity contribution in [2.45, 2.75) is 37.8 Å². The van der Waals surface area contributed by atoms with E-state index in [1.54, 1.807) is 30.3 Å². The van der Waals surface area contributed by atoms with Gasteiger partial charge >= 0.3 is 0 Å². The molecule has 2 aliphatic rings. The van der Waals surface area contributed by atoms with Crippen LogP contribution in [0.2, 0.25) is 5.02 Å². The molecule has 2 heterocycles. The first kappa shape index (κ1) is 15.3. The topological polar surface area (TPSA) is 63.1 Å². The van der Waals surface area contributed by atoms with Crippen LogP contribution in [0.4, 0.5) is 5.69 Å². The zero-order valence-electron chi connectivity index (χ0n) is 13.1. The Labute approximate surface area is 145 Å². The number of benzene rings is 1. The second-order valence-corrected chi connectivity index (χ2v) is 6.81. The summed E-state index contributed by atoms with van der Waals surface area (Å²) < 4.78 is 1.99. The van der Waals surface area contributed by atoms with Gasteiger partial charge in [-0.25, -0.2) is 0 Å². The van der Waals surface area contributed by atoms with Crippen LogP contribution in [0.1, 0.15) is 52.6 Å². The van der Waals surface area contributed by atoms with Crippen molar-refractivity contribution < 1.29 is 9.59 Å². The molecule has 2 aromatic rings. The van der Waals surface area contributed by atoms with Crippen molar-refractivity contribution in [1.82, 2.24) is 9.88 Å². The largest absolute Gasteiger partial charge is 0.346 e. The number of fused-ring (bicyclic) bond motifs is 3. The van der Waals surface area contributed by atoms with E-state index in [1.165, 1.54) is 0 Å². The molecule has 24 heavy (non-hydrogen) atoms. The fourth-order valence-corrected chi connectivity index (χ4v) is 3.85. The van der Waals surface area contributed by atoms with E-state index in [4.69, 9.17) is 11.6 Å². The van der Waals surface area contributed by atoms with Gasteiger partial charge in [-0.1, -0.05) is 24.4 Å². The number of nitrogens with one attached hydrogen (secondary N) is 2. The SMILES string of the molecule is O=C(Nc1ccc(Cl)cc1)c1ccn2c1C(=O)N[C@@H]1CCCC[C@H]12. The lowest BCUT2D eigenvalue weighted by Gasteiger charge is -2.38. The fraction of sp³-hybridized carbons (Fsp3) is 0.333. The zero-order chi connectivity index (χ0) is 16.7. The van der Waals surface area contributed by atoms with Crippen LogP contribution in [-0.4, -0.2) is 22.4 Å². The molecule has 0 unspecified atom stereocenters. The highest BCUT2D eigenvalue weighted by atomic mass is 35.5. The molecule has 0 bridgehead atoms. The molecule has 1 aliphatic carbocycles. The minimum absolute atomic E-state index is 0.163. The first-order valence-corrected chi connectivity index (χ1v) is 8.60. The van der Waals surface area contributed by atoms with Gasteiger partial charge in [-0.15, -0.1) is 0 Å². The average Bonchev–Trinajstić information content (AvgIpc) is 3.03. The predicted molar refractivity (Wildman–Crippen MR) is 92.6 cm³/mol. The van der Waals surface area contributed by atoms with Crippen LogP contribution >= 0.6 is 11.6 Å². The van der Waals surface area contributed by atoms with Crippen LogP contribution in [-0.2, 0) is 0 Å². The third-order valence-corrected chi connectivity index (χ3v) is 5.13. The fourth-order valence-electron chi connectivity index (χ4n) is 3.73. The van der Waals surface area contributed by atoms with Crippen LogP contribution in [0.15, 0.2) is 36.5 Å². The van der Waals surface area contributed by atoms with Gasteiger partial charge in [-0.2, -0.15) is 0 Å². The van der Waals surface area contributed by atoms with E-state index in [0.717, 1.165) is 25.7 Å². The molecule has 2 amide bonds. The van der Waals surface area contributed by atoms with Gasteiger partial charge in [0.05, 0.1) is 11.6 Å². The van der Waals surface area contributed by atoms with E-state index in [-0.39, 0.29) is 23.9 Å². The highest BCUT2D eigenvalue weighted by Gasteiger charge is 2.37. The third-order valence-electron chi connectivity index (χ3n) is 4.88. The Morgan fingerprint density at radius 2 is 1.92 bits per heavy atom. The van der Waals surface area contributed by atoms with Gasteiger partial charge in [0, 0.05) is 22.9 Å². The maximum absolute atomic E-state index is 12.6. The molecule has 5 nitrogen and oxygen atoms in total. The Kier molecular flexibility index (Phi) is 3.81. The summed E-state index contributed by atoms with van der Waals surface area (Å²) in [4.78, 5) is 25.1. The summed E-state index contributed by atoms with van der Waals surface area (Å²) in [6, 6.07) is 9.07. The second kappa shape index (κ2) is 5.98. The molecule has 0 spiro atoms. The maximum atomic E-state index is 12.6. The third kappa shape index (κ3) is 2.59. The number of anilines is 1. The van der Waals surface area contributed by atoms with E-state index in [2.05, 4.69) is 10.6 Å². The van der Waals surface area contributed by atoms with Crippen molar-refractivity contribution in [3.63, 3.8) is 0 Å². The van der Waals surface area contributed by atoms with Crippen molar-refractivity contribution in [3.05, 3.63) is 52.8 Å². The number of aromatic nitrogens is 1. The van der Waals surface area contributed by atoms with E-state index < -0.39 is 0 Å². The number of hydrogen-bond donors (Lipinski definition) is 2. The van der Waals surface area contributed by atoms with E-state index >= 15 is 0 Å². The molecule has 1 fully saturated rings. The Bertz CT molecular complexity index is 797. The summed E-state index contributed by atoms with van der Waals surface area (Å²) in [5, 5.41) is 6.50. The Morgan fingerprint density at radius 1 is 1.17 bits per heavy atom. The smallest absolute Gasteiger partial charge is 0.269 e. The molecule has 6 heteroatoms. The van der Waals surface area contributed by atoms with Gasteiger partial charge in [0.25, 0.3) is 11.8 Å². The lowest BCUT2D eigenvalue weighted by Crippen LogP contribution is -2.49. The first-order valence-electron chi connectivity index (χ1n) is 8.22. The van der Waals surface area contributed by atoms with Gasteiger partial charge in [0.1, 0.15) is 5.69 Å². The van der Waals surface area contributed by atoms with Crippen LogP contribution in [0.5, 0.6) is 0 Å². The molecule has 1 aromatic carbocycles. The van der Waals surface area contributed by atoms with Gasteiger partial charge in [0.15, 0.2) is 0 Å². The predicted octanol–water partition coefficient (Wildman–Crippen LogP) is 3.62. The molecule has 4 rings (SSSR count).